The maximum atomic E-state index is 12.2. The highest BCUT2D eigenvalue weighted by Crippen LogP contribution is 2.18. The average Bonchev–Trinajstić information content (AvgIpc) is 3.15. The Morgan fingerprint density at radius 3 is 2.75 bits per heavy atom. The molecule has 0 aliphatic carbocycles. The molecule has 7 nitrogen and oxygen atoms in total. The first-order chi connectivity index (χ1) is 11.5. The summed E-state index contributed by atoms with van der Waals surface area (Å²) in [5.74, 6) is 0.612. The van der Waals surface area contributed by atoms with Crippen LogP contribution in [-0.4, -0.2) is 30.9 Å². The van der Waals surface area contributed by atoms with Crippen molar-refractivity contribution >= 4 is 23.5 Å². The number of aryl methyl sites for hydroxylation is 2. The molecule has 124 valence electrons. The molecule has 2 aromatic heterocycles. The number of rotatable bonds is 5. The van der Waals surface area contributed by atoms with Crippen LogP contribution in [0.15, 0.2) is 30.3 Å². The van der Waals surface area contributed by atoms with Crippen molar-refractivity contribution in [2.45, 2.75) is 19.8 Å². The van der Waals surface area contributed by atoms with Gasteiger partial charge in [-0.3, -0.25) is 19.9 Å². The number of benzene rings is 1. The van der Waals surface area contributed by atoms with Gasteiger partial charge in [-0.1, -0.05) is 18.5 Å². The lowest BCUT2D eigenvalue weighted by Crippen LogP contribution is -2.17. The predicted molar refractivity (Wildman–Crippen MR) is 91.7 cm³/mol. The van der Waals surface area contributed by atoms with Crippen LogP contribution in [0.1, 0.15) is 18.3 Å². The van der Waals surface area contributed by atoms with E-state index >= 15 is 0 Å². The summed E-state index contributed by atoms with van der Waals surface area (Å²) < 4.78 is 1.72. The van der Waals surface area contributed by atoms with Gasteiger partial charge in [-0.05, 0) is 36.8 Å². The molecule has 1 aromatic carbocycles. The van der Waals surface area contributed by atoms with Crippen LogP contribution in [-0.2, 0) is 24.7 Å². The van der Waals surface area contributed by atoms with Crippen LogP contribution in [0.5, 0.6) is 0 Å². The zero-order valence-corrected chi connectivity index (χ0v) is 14.1. The van der Waals surface area contributed by atoms with Crippen molar-refractivity contribution in [3.8, 4) is 11.4 Å². The number of carbonyl (C=O) groups excluding carboxylic acids is 1. The fraction of sp³-hybridized carbons (Fsp3) is 0.250. The van der Waals surface area contributed by atoms with Gasteiger partial charge >= 0.3 is 0 Å². The summed E-state index contributed by atoms with van der Waals surface area (Å²) in [6, 6.07) is 9.13. The Morgan fingerprint density at radius 2 is 2.08 bits per heavy atom. The second kappa shape index (κ2) is 6.84. The number of H-pyrrole nitrogens is 1. The minimum absolute atomic E-state index is 0.192. The number of hydrogen-bond donors (Lipinski definition) is 2. The van der Waals surface area contributed by atoms with Crippen LogP contribution < -0.4 is 5.32 Å². The lowest BCUT2D eigenvalue weighted by atomic mass is 10.2. The van der Waals surface area contributed by atoms with Crippen molar-refractivity contribution in [2.75, 3.05) is 5.32 Å². The van der Waals surface area contributed by atoms with Crippen LogP contribution >= 0.6 is 11.6 Å². The summed E-state index contributed by atoms with van der Waals surface area (Å²) in [7, 11) is 1.83. The topological polar surface area (TPSA) is 88.5 Å². The van der Waals surface area contributed by atoms with Crippen molar-refractivity contribution in [3.05, 3.63) is 46.7 Å². The number of anilines is 1. The normalized spacial score (nSPS) is 10.8. The Bertz CT molecular complexity index is 852. The molecular weight excluding hydrogens is 328 g/mol. The number of nitrogens with zero attached hydrogens (tertiary/aromatic N) is 4. The third-order valence-electron chi connectivity index (χ3n) is 3.59. The standard InChI is InChI=1S/C16H17ClN6O/c1-3-12-8-13(23(2)22-12)9-14(24)18-16-19-15(20-21-16)10-4-6-11(17)7-5-10/h4-8H,3,9H2,1-2H3,(H2,18,19,20,21,24). The predicted octanol–water partition coefficient (Wildman–Crippen LogP) is 2.60. The molecule has 0 aliphatic rings. The monoisotopic (exact) mass is 344 g/mol. The van der Waals surface area contributed by atoms with Crippen molar-refractivity contribution in [1.82, 2.24) is 25.0 Å². The van der Waals surface area contributed by atoms with E-state index in [2.05, 4.69) is 25.6 Å². The van der Waals surface area contributed by atoms with Crippen LogP contribution in [0.4, 0.5) is 5.95 Å². The summed E-state index contributed by atoms with van der Waals surface area (Å²) in [6.45, 7) is 2.03. The summed E-state index contributed by atoms with van der Waals surface area (Å²) in [6.07, 6.45) is 1.05. The first-order valence-corrected chi connectivity index (χ1v) is 7.93. The third-order valence-corrected chi connectivity index (χ3v) is 3.84. The first-order valence-electron chi connectivity index (χ1n) is 7.55. The lowest BCUT2D eigenvalue weighted by Gasteiger charge is -2.01. The molecule has 0 aliphatic heterocycles. The maximum Gasteiger partial charge on any atom is 0.249 e. The molecule has 8 heteroatoms. The Labute approximate surface area is 144 Å². The minimum Gasteiger partial charge on any atom is -0.293 e. The van der Waals surface area contributed by atoms with Crippen molar-refractivity contribution in [2.24, 2.45) is 7.05 Å². The lowest BCUT2D eigenvalue weighted by molar-refractivity contribution is -0.115. The van der Waals surface area contributed by atoms with E-state index in [1.54, 1.807) is 16.8 Å². The Kier molecular flexibility index (Phi) is 4.61. The van der Waals surface area contributed by atoms with Crippen molar-refractivity contribution in [1.29, 1.82) is 0 Å². The van der Waals surface area contributed by atoms with Crippen LogP contribution in [0.2, 0.25) is 5.02 Å². The molecule has 0 bridgehead atoms. The molecule has 2 N–H and O–H groups in total. The van der Waals surface area contributed by atoms with E-state index in [-0.39, 0.29) is 18.3 Å². The molecule has 3 rings (SSSR count). The van der Waals surface area contributed by atoms with Gasteiger partial charge in [0.15, 0.2) is 5.82 Å². The minimum atomic E-state index is -0.192. The van der Waals surface area contributed by atoms with Gasteiger partial charge in [0.1, 0.15) is 0 Å². The number of aromatic nitrogens is 5. The largest absolute Gasteiger partial charge is 0.293 e. The smallest absolute Gasteiger partial charge is 0.249 e. The molecule has 0 saturated heterocycles. The number of aromatic amines is 1. The molecule has 0 unspecified atom stereocenters. The van der Waals surface area contributed by atoms with Crippen LogP contribution in [0.25, 0.3) is 11.4 Å². The molecule has 0 atom stereocenters. The molecule has 0 saturated carbocycles. The first kappa shape index (κ1) is 16.2. The van der Waals surface area contributed by atoms with Gasteiger partial charge in [0.2, 0.25) is 11.9 Å². The number of halogens is 1. The highest BCUT2D eigenvalue weighted by Gasteiger charge is 2.12. The van der Waals surface area contributed by atoms with Gasteiger partial charge in [0.25, 0.3) is 0 Å². The highest BCUT2D eigenvalue weighted by atomic mass is 35.5. The number of amides is 1. The number of carbonyl (C=O) groups is 1. The molecule has 0 radical (unpaired) electrons. The Balaban J connectivity index is 1.66. The number of hydrogen-bond acceptors (Lipinski definition) is 4. The van der Waals surface area contributed by atoms with Gasteiger partial charge in [0.05, 0.1) is 12.1 Å². The van der Waals surface area contributed by atoms with Gasteiger partial charge < -0.3 is 0 Å². The van der Waals surface area contributed by atoms with E-state index in [1.165, 1.54) is 0 Å². The van der Waals surface area contributed by atoms with Gasteiger partial charge in [-0.2, -0.15) is 10.1 Å². The molecule has 24 heavy (non-hydrogen) atoms. The fourth-order valence-corrected chi connectivity index (χ4v) is 2.42. The maximum absolute atomic E-state index is 12.2. The quantitative estimate of drug-likeness (QED) is 0.744. The summed E-state index contributed by atoms with van der Waals surface area (Å²) >= 11 is 5.86. The van der Waals surface area contributed by atoms with Crippen molar-refractivity contribution in [3.63, 3.8) is 0 Å². The molecule has 1 amide bonds. The average molecular weight is 345 g/mol. The van der Waals surface area contributed by atoms with E-state index in [4.69, 9.17) is 11.6 Å². The SMILES string of the molecule is CCc1cc(CC(=O)Nc2n[nH]c(-c3ccc(Cl)cc3)n2)n(C)n1. The molecule has 0 fully saturated rings. The van der Waals surface area contributed by atoms with Gasteiger partial charge in [-0.15, -0.1) is 5.10 Å². The third kappa shape index (κ3) is 3.62. The molecule has 2 heterocycles. The number of nitrogens with one attached hydrogen (secondary N) is 2. The van der Waals surface area contributed by atoms with Crippen LogP contribution in [0.3, 0.4) is 0 Å². The molecule has 0 spiro atoms. The van der Waals surface area contributed by atoms with Crippen molar-refractivity contribution < 1.29 is 4.79 Å². The molecular formula is C16H17ClN6O. The van der Waals surface area contributed by atoms with Crippen LogP contribution in [0, 0.1) is 0 Å². The van der Waals surface area contributed by atoms with Gasteiger partial charge in [0, 0.05) is 23.3 Å². The zero-order valence-electron chi connectivity index (χ0n) is 13.4. The summed E-state index contributed by atoms with van der Waals surface area (Å²) in [5, 5.41) is 14.5. The zero-order chi connectivity index (χ0) is 17.1. The van der Waals surface area contributed by atoms with E-state index in [0.717, 1.165) is 23.4 Å². The Hall–Kier alpha value is -2.67. The van der Waals surface area contributed by atoms with E-state index < -0.39 is 0 Å². The van der Waals surface area contributed by atoms with E-state index in [0.29, 0.717) is 10.8 Å². The second-order valence-corrected chi connectivity index (χ2v) is 5.78. The van der Waals surface area contributed by atoms with E-state index in [1.807, 2.05) is 32.2 Å². The van der Waals surface area contributed by atoms with E-state index in [9.17, 15) is 4.79 Å². The fourth-order valence-electron chi connectivity index (χ4n) is 2.30. The van der Waals surface area contributed by atoms with Gasteiger partial charge in [-0.25, -0.2) is 0 Å². The molecule has 3 aromatic rings. The summed E-state index contributed by atoms with van der Waals surface area (Å²) in [5.41, 5.74) is 2.65. The highest BCUT2D eigenvalue weighted by molar-refractivity contribution is 6.30. The summed E-state index contributed by atoms with van der Waals surface area (Å²) in [4.78, 5) is 16.4. The Morgan fingerprint density at radius 1 is 1.33 bits per heavy atom. The second-order valence-electron chi connectivity index (χ2n) is 5.34.